The number of carbonyl (C=O) groups excluding carboxylic acids is 4. The Kier molecular flexibility index (Phi) is 13.8. The lowest BCUT2D eigenvalue weighted by molar-refractivity contribution is -0.144. The number of nitrogens with one attached hydrogen (secondary N) is 2. The van der Waals surface area contributed by atoms with Crippen LogP contribution in [0.15, 0.2) is 83.3 Å². The zero-order valence-electron chi connectivity index (χ0n) is 39.6. The summed E-state index contributed by atoms with van der Waals surface area (Å²) in [5, 5.41) is 26.3. The van der Waals surface area contributed by atoms with Gasteiger partial charge in [0.1, 0.15) is 34.7 Å². The van der Waals surface area contributed by atoms with Crippen molar-refractivity contribution < 1.29 is 33.8 Å². The molecule has 5 atom stereocenters. The first-order valence-corrected chi connectivity index (χ1v) is 24.2. The molecule has 0 radical (unpaired) electrons. The number of rotatable bonds is 13. The van der Waals surface area contributed by atoms with Gasteiger partial charge in [-0.2, -0.15) is 0 Å². The SMILES string of the molecule is COC(=O)CC1N=C(c2ccc(-c3ccc(OCC(=O)N[C@H](C(=O)N4C[C@H](O)C[C@H]4C(=O)N[C@@H](C)c4ccc(-c5scnc5C)cc4)C(C)(C)C)cc3)cc2)c2c(sc(C)c2C)-n2c(C)nnc21. The Morgan fingerprint density at radius 1 is 0.882 bits per heavy atom. The number of carbonyl (C=O) groups is 4. The lowest BCUT2D eigenvalue weighted by Crippen LogP contribution is -2.58. The number of amides is 3. The maximum absolute atomic E-state index is 14.2. The lowest BCUT2D eigenvalue weighted by Gasteiger charge is -2.35. The number of ether oxygens (including phenoxy) is 2. The van der Waals surface area contributed by atoms with Crippen LogP contribution >= 0.6 is 22.7 Å². The van der Waals surface area contributed by atoms with Gasteiger partial charge in [0, 0.05) is 29.0 Å². The summed E-state index contributed by atoms with van der Waals surface area (Å²) in [7, 11) is 1.36. The third kappa shape index (κ3) is 9.87. The molecule has 68 heavy (non-hydrogen) atoms. The van der Waals surface area contributed by atoms with Crippen LogP contribution in [0.3, 0.4) is 0 Å². The molecular weight excluding hydrogens is 901 g/mol. The number of β-amino-alcohol motifs (C(OH)–C–C–N with tert-alkyl or cyclic N) is 1. The van der Waals surface area contributed by atoms with Crippen molar-refractivity contribution in [2.45, 2.75) is 98.5 Å². The number of hydrogen-bond donors (Lipinski definition) is 3. The number of thiazole rings is 1. The minimum Gasteiger partial charge on any atom is -0.484 e. The molecule has 2 aliphatic heterocycles. The summed E-state index contributed by atoms with van der Waals surface area (Å²) in [6, 6.07) is 20.5. The van der Waals surface area contributed by atoms with Gasteiger partial charge in [0.15, 0.2) is 12.4 Å². The van der Waals surface area contributed by atoms with Crippen LogP contribution in [0.1, 0.15) is 97.1 Å². The summed E-state index contributed by atoms with van der Waals surface area (Å²) in [5.74, 6) is 0.0334. The highest BCUT2D eigenvalue weighted by molar-refractivity contribution is 7.15. The molecule has 354 valence electrons. The van der Waals surface area contributed by atoms with Crippen molar-refractivity contribution >= 4 is 52.1 Å². The van der Waals surface area contributed by atoms with Crippen molar-refractivity contribution in [2.75, 3.05) is 20.3 Å². The molecular formula is C51H56N8O7S2. The second-order valence-electron chi connectivity index (χ2n) is 18.5. The standard InChI is InChI=1S/C51H56N8O7S2/c1-27-30(4)68-50-43(27)44(54-39(23-42(62)65-9)47-57-56-31(5)59(47)50)35-14-12-33(13-15-35)34-18-20-38(21-19-34)66-25-41(61)55-46(51(6,7)8)49(64)58-24-37(60)22-40(58)48(63)53-28(2)32-10-16-36(17-11-32)45-29(3)52-26-67-45/h10-21,26,28,37,39-40,46,60H,22-25H2,1-9H3,(H,53,63)(H,55,61)/t28-,37+,39?,40-,46+/m0/s1. The Bertz CT molecular complexity index is 2880. The van der Waals surface area contributed by atoms with Crippen LogP contribution < -0.4 is 15.4 Å². The molecule has 1 unspecified atom stereocenters. The molecule has 0 spiro atoms. The first-order chi connectivity index (χ1) is 32.4. The van der Waals surface area contributed by atoms with Crippen LogP contribution in [0, 0.1) is 33.1 Å². The number of thiophene rings is 1. The molecule has 3 aromatic heterocycles. The van der Waals surface area contributed by atoms with E-state index in [1.165, 1.54) is 12.0 Å². The predicted octanol–water partition coefficient (Wildman–Crippen LogP) is 7.56. The number of methoxy groups -OCH3 is 1. The van der Waals surface area contributed by atoms with Gasteiger partial charge in [-0.3, -0.25) is 28.7 Å². The van der Waals surface area contributed by atoms with Gasteiger partial charge >= 0.3 is 5.97 Å². The summed E-state index contributed by atoms with van der Waals surface area (Å²) in [6.07, 6.45) is -0.797. The number of aliphatic hydroxyl groups is 1. The van der Waals surface area contributed by atoms with Gasteiger partial charge in [-0.05, 0) is 80.0 Å². The van der Waals surface area contributed by atoms with E-state index in [1.807, 2.05) is 112 Å². The van der Waals surface area contributed by atoms with Crippen molar-refractivity contribution in [3.05, 3.63) is 123 Å². The smallest absolute Gasteiger partial charge is 0.308 e. The molecule has 3 N–H and O–H groups in total. The first-order valence-electron chi connectivity index (χ1n) is 22.5. The molecule has 17 heteroatoms. The maximum atomic E-state index is 14.2. The second kappa shape index (κ2) is 19.6. The van der Waals surface area contributed by atoms with Gasteiger partial charge in [-0.25, -0.2) is 4.98 Å². The molecule has 0 bridgehead atoms. The van der Waals surface area contributed by atoms with Gasteiger partial charge in [0.25, 0.3) is 5.91 Å². The fourth-order valence-corrected chi connectivity index (χ4v) is 10.7. The molecule has 1 saturated heterocycles. The third-order valence-corrected chi connectivity index (χ3v) is 14.8. The number of nitrogens with zero attached hydrogens (tertiary/aromatic N) is 6. The zero-order valence-corrected chi connectivity index (χ0v) is 41.3. The van der Waals surface area contributed by atoms with E-state index in [1.54, 1.807) is 34.8 Å². The minimum absolute atomic E-state index is 0.0187. The van der Waals surface area contributed by atoms with Crippen LogP contribution in [0.25, 0.3) is 26.6 Å². The van der Waals surface area contributed by atoms with Gasteiger partial charge < -0.3 is 30.1 Å². The number of aryl methyl sites for hydroxylation is 3. The van der Waals surface area contributed by atoms with Crippen LogP contribution in [0.4, 0.5) is 0 Å². The summed E-state index contributed by atoms with van der Waals surface area (Å²) < 4.78 is 12.9. The average molecular weight is 957 g/mol. The average Bonchev–Trinajstić information content (AvgIpc) is 4.09. The first kappa shape index (κ1) is 47.9. The maximum Gasteiger partial charge on any atom is 0.308 e. The Labute approximate surface area is 403 Å². The fraction of sp³-hybridized carbons (Fsp3) is 0.373. The van der Waals surface area contributed by atoms with Crippen molar-refractivity contribution in [3.63, 3.8) is 0 Å². The molecule has 2 aliphatic rings. The van der Waals surface area contributed by atoms with Crippen molar-refractivity contribution in [1.29, 1.82) is 0 Å². The quantitative estimate of drug-likeness (QED) is 0.0975. The fourth-order valence-electron chi connectivity index (χ4n) is 8.70. The van der Waals surface area contributed by atoms with Crippen LogP contribution in [-0.2, 0) is 23.9 Å². The summed E-state index contributed by atoms with van der Waals surface area (Å²) in [6.45, 7) is 15.0. The number of aliphatic hydroxyl groups excluding tert-OH is 1. The number of aliphatic imine (C=N–C) groups is 1. The van der Waals surface area contributed by atoms with E-state index in [-0.39, 0.29) is 37.9 Å². The highest BCUT2D eigenvalue weighted by Crippen LogP contribution is 2.40. The third-order valence-electron chi connectivity index (χ3n) is 12.6. The Balaban J connectivity index is 0.905. The molecule has 6 aromatic rings. The number of likely N-dealkylation sites (tertiary alicyclic amines) is 1. The van der Waals surface area contributed by atoms with E-state index in [4.69, 9.17) is 14.5 Å². The number of fused-ring (bicyclic) bond motifs is 3. The summed E-state index contributed by atoms with van der Waals surface area (Å²) in [5.41, 5.74) is 9.57. The zero-order chi connectivity index (χ0) is 48.6. The van der Waals surface area contributed by atoms with E-state index in [0.29, 0.717) is 17.4 Å². The topological polar surface area (TPSA) is 190 Å². The van der Waals surface area contributed by atoms with E-state index in [2.05, 4.69) is 39.7 Å². The monoisotopic (exact) mass is 956 g/mol. The Hall–Kier alpha value is -6.56. The Morgan fingerprint density at radius 3 is 2.16 bits per heavy atom. The molecule has 5 heterocycles. The highest BCUT2D eigenvalue weighted by atomic mass is 32.1. The molecule has 0 aliphatic carbocycles. The number of hydrogen-bond acceptors (Lipinski definition) is 13. The van der Waals surface area contributed by atoms with Crippen LogP contribution in [0.5, 0.6) is 5.75 Å². The van der Waals surface area contributed by atoms with E-state index in [9.17, 15) is 24.3 Å². The molecule has 3 aromatic carbocycles. The molecule has 1 fully saturated rings. The highest BCUT2D eigenvalue weighted by Gasteiger charge is 2.45. The van der Waals surface area contributed by atoms with Crippen LogP contribution in [0.2, 0.25) is 0 Å². The Morgan fingerprint density at radius 2 is 1.53 bits per heavy atom. The normalized spacial score (nSPS) is 17.6. The van der Waals surface area contributed by atoms with Gasteiger partial charge in [-0.1, -0.05) is 81.4 Å². The van der Waals surface area contributed by atoms with E-state index >= 15 is 0 Å². The number of aromatic nitrogens is 4. The van der Waals surface area contributed by atoms with Gasteiger partial charge in [0.2, 0.25) is 11.8 Å². The molecule has 3 amide bonds. The summed E-state index contributed by atoms with van der Waals surface area (Å²) >= 11 is 3.22. The van der Waals surface area contributed by atoms with Crippen molar-refractivity contribution in [1.82, 2.24) is 35.3 Å². The van der Waals surface area contributed by atoms with Crippen LogP contribution in [-0.4, -0.2) is 97.6 Å². The molecule has 8 rings (SSSR count). The number of benzene rings is 3. The predicted molar refractivity (Wildman–Crippen MR) is 262 cm³/mol. The van der Waals surface area contributed by atoms with E-state index in [0.717, 1.165) is 65.1 Å². The lowest BCUT2D eigenvalue weighted by atomic mass is 9.85. The van der Waals surface area contributed by atoms with Crippen molar-refractivity contribution in [3.8, 4) is 32.3 Å². The van der Waals surface area contributed by atoms with E-state index < -0.39 is 47.4 Å². The minimum atomic E-state index is -1.00. The van der Waals surface area contributed by atoms with Crippen molar-refractivity contribution in [2.24, 2.45) is 10.4 Å². The second-order valence-corrected chi connectivity index (χ2v) is 20.5. The molecule has 0 saturated carbocycles. The van der Waals surface area contributed by atoms with Gasteiger partial charge in [-0.15, -0.1) is 32.9 Å². The molecule has 15 nitrogen and oxygen atoms in total. The largest absolute Gasteiger partial charge is 0.484 e. The summed E-state index contributed by atoms with van der Waals surface area (Å²) in [4.78, 5) is 67.1. The number of esters is 1. The van der Waals surface area contributed by atoms with Gasteiger partial charge in [0.05, 0.1) is 47.5 Å².